The molecule has 266 valence electrons. The fourth-order valence-electron chi connectivity index (χ4n) is 13.1. The molecule has 6 aromatic carbocycles. The number of hydrogen-bond donors (Lipinski definition) is 0. The monoisotopic (exact) mass is 717 g/mol. The molecule has 1 nitrogen and oxygen atoms in total. The molecule has 0 amide bonds. The summed E-state index contributed by atoms with van der Waals surface area (Å²) in [6.07, 6.45) is 13.3. The number of rotatable bonds is 4. The number of hydrogen-bond acceptors (Lipinski definition) is 2. The molecular formula is C52H47NS. The van der Waals surface area contributed by atoms with Gasteiger partial charge >= 0.3 is 0 Å². The zero-order valence-corrected chi connectivity index (χ0v) is 32.1. The Labute approximate surface area is 323 Å². The SMILES string of the molecule is CCC1CC2CCCC(C2)C12c1ccccc1-c1cc(N(c3ccc4c(c3)C3(CCCC3)c3ccccc3-4)c3ccc4sc5ccccc5c4c3)ccc12. The van der Waals surface area contributed by atoms with Crippen molar-refractivity contribution in [1.82, 2.24) is 0 Å². The van der Waals surface area contributed by atoms with Crippen LogP contribution in [0.3, 0.4) is 0 Å². The molecule has 0 N–H and O–H groups in total. The fraction of sp³-hybridized carbons (Fsp3) is 0.308. The molecule has 1 aromatic heterocycles. The minimum atomic E-state index is 0.123. The van der Waals surface area contributed by atoms with Crippen LogP contribution in [0.1, 0.15) is 93.4 Å². The van der Waals surface area contributed by atoms with E-state index in [9.17, 15) is 0 Å². The average molecular weight is 718 g/mol. The van der Waals surface area contributed by atoms with Crippen LogP contribution in [0.15, 0.2) is 127 Å². The molecule has 4 unspecified atom stereocenters. The molecule has 2 bridgehead atoms. The van der Waals surface area contributed by atoms with Crippen molar-refractivity contribution in [2.45, 2.75) is 82.0 Å². The van der Waals surface area contributed by atoms with E-state index < -0.39 is 0 Å². The molecule has 5 aliphatic carbocycles. The number of nitrogens with zero attached hydrogens (tertiary/aromatic N) is 1. The molecule has 1 heterocycles. The highest BCUT2D eigenvalue weighted by molar-refractivity contribution is 7.25. The first-order valence-corrected chi connectivity index (χ1v) is 21.7. The Morgan fingerprint density at radius 2 is 1.22 bits per heavy atom. The van der Waals surface area contributed by atoms with Crippen LogP contribution in [0.5, 0.6) is 0 Å². The van der Waals surface area contributed by atoms with Gasteiger partial charge in [-0.2, -0.15) is 0 Å². The number of fused-ring (bicyclic) bond motifs is 16. The van der Waals surface area contributed by atoms with Gasteiger partial charge in [0.15, 0.2) is 0 Å². The Balaban J connectivity index is 1.08. The number of anilines is 3. The van der Waals surface area contributed by atoms with Crippen LogP contribution in [0.4, 0.5) is 17.1 Å². The summed E-state index contributed by atoms with van der Waals surface area (Å²) in [6.45, 7) is 2.47. The first-order valence-electron chi connectivity index (χ1n) is 20.9. The summed E-state index contributed by atoms with van der Waals surface area (Å²) in [5.74, 6) is 2.33. The van der Waals surface area contributed by atoms with Gasteiger partial charge in [0.25, 0.3) is 0 Å². The second-order valence-corrected chi connectivity index (χ2v) is 18.5. The summed E-state index contributed by atoms with van der Waals surface area (Å²) in [4.78, 5) is 2.60. The molecule has 0 aliphatic heterocycles. The van der Waals surface area contributed by atoms with E-state index in [-0.39, 0.29) is 10.8 Å². The van der Waals surface area contributed by atoms with Gasteiger partial charge in [-0.15, -0.1) is 11.3 Å². The van der Waals surface area contributed by atoms with Gasteiger partial charge in [0.2, 0.25) is 0 Å². The summed E-state index contributed by atoms with van der Waals surface area (Å²) in [5, 5.41) is 2.70. The third-order valence-corrected chi connectivity index (χ3v) is 16.3. The lowest BCUT2D eigenvalue weighted by Crippen LogP contribution is -2.48. The van der Waals surface area contributed by atoms with E-state index in [0.29, 0.717) is 5.92 Å². The maximum Gasteiger partial charge on any atom is 0.0468 e. The van der Waals surface area contributed by atoms with Crippen molar-refractivity contribution in [3.8, 4) is 22.3 Å². The van der Waals surface area contributed by atoms with Crippen molar-refractivity contribution in [2.24, 2.45) is 17.8 Å². The lowest BCUT2D eigenvalue weighted by Gasteiger charge is -2.54. The van der Waals surface area contributed by atoms with E-state index >= 15 is 0 Å². The maximum atomic E-state index is 2.60. The van der Waals surface area contributed by atoms with Gasteiger partial charge in [0.05, 0.1) is 0 Å². The number of thiophene rings is 1. The summed E-state index contributed by atoms with van der Waals surface area (Å²) in [5.41, 5.74) is 16.2. The highest BCUT2D eigenvalue weighted by atomic mass is 32.1. The molecule has 2 spiro atoms. The van der Waals surface area contributed by atoms with E-state index in [1.54, 1.807) is 16.7 Å². The van der Waals surface area contributed by atoms with Crippen LogP contribution in [0, 0.1) is 17.8 Å². The first-order chi connectivity index (χ1) is 26.7. The molecule has 2 heteroatoms. The van der Waals surface area contributed by atoms with Crippen LogP contribution in [-0.4, -0.2) is 0 Å². The molecule has 0 saturated heterocycles. The normalized spacial score (nSPS) is 24.2. The minimum Gasteiger partial charge on any atom is -0.310 e. The third-order valence-electron chi connectivity index (χ3n) is 15.1. The van der Waals surface area contributed by atoms with E-state index in [2.05, 4.69) is 139 Å². The fourth-order valence-corrected chi connectivity index (χ4v) is 14.2. The zero-order chi connectivity index (χ0) is 35.6. The largest absolute Gasteiger partial charge is 0.310 e. The van der Waals surface area contributed by atoms with E-state index in [0.717, 1.165) is 11.8 Å². The quantitative estimate of drug-likeness (QED) is 0.175. The zero-order valence-electron chi connectivity index (χ0n) is 31.3. The highest BCUT2D eigenvalue weighted by Crippen LogP contribution is 2.65. The number of benzene rings is 6. The van der Waals surface area contributed by atoms with E-state index in [4.69, 9.17) is 0 Å². The maximum absolute atomic E-state index is 2.60. The summed E-state index contributed by atoms with van der Waals surface area (Å²) in [7, 11) is 0. The van der Waals surface area contributed by atoms with Crippen LogP contribution < -0.4 is 4.90 Å². The van der Waals surface area contributed by atoms with Gasteiger partial charge in [-0.3, -0.25) is 0 Å². The smallest absolute Gasteiger partial charge is 0.0468 e. The lowest BCUT2D eigenvalue weighted by atomic mass is 9.50. The molecule has 0 radical (unpaired) electrons. The van der Waals surface area contributed by atoms with Crippen LogP contribution in [0.2, 0.25) is 0 Å². The molecule has 3 saturated carbocycles. The van der Waals surface area contributed by atoms with Gasteiger partial charge in [-0.1, -0.05) is 118 Å². The van der Waals surface area contributed by atoms with Crippen LogP contribution in [0.25, 0.3) is 42.4 Å². The second kappa shape index (κ2) is 11.7. The highest BCUT2D eigenvalue weighted by Gasteiger charge is 2.56. The van der Waals surface area contributed by atoms with Crippen LogP contribution >= 0.6 is 11.3 Å². The van der Waals surface area contributed by atoms with Crippen molar-refractivity contribution in [3.05, 3.63) is 150 Å². The predicted octanol–water partition coefficient (Wildman–Crippen LogP) is 14.9. The Bertz CT molecular complexity index is 2630. The third kappa shape index (κ3) is 4.16. The molecule has 5 aliphatic rings. The second-order valence-electron chi connectivity index (χ2n) is 17.4. The van der Waals surface area contributed by atoms with Crippen LogP contribution in [-0.2, 0) is 10.8 Å². The van der Waals surface area contributed by atoms with Crippen molar-refractivity contribution in [2.75, 3.05) is 4.90 Å². The van der Waals surface area contributed by atoms with E-state index in [1.807, 2.05) is 11.3 Å². The minimum absolute atomic E-state index is 0.123. The van der Waals surface area contributed by atoms with Crippen molar-refractivity contribution in [3.63, 3.8) is 0 Å². The summed E-state index contributed by atoms with van der Waals surface area (Å²) >= 11 is 1.91. The summed E-state index contributed by atoms with van der Waals surface area (Å²) < 4.78 is 2.71. The molecule has 3 fully saturated rings. The summed E-state index contributed by atoms with van der Waals surface area (Å²) in [6, 6.07) is 50.1. The van der Waals surface area contributed by atoms with Gasteiger partial charge in [-0.05, 0) is 143 Å². The van der Waals surface area contributed by atoms with Gasteiger partial charge in [0.1, 0.15) is 0 Å². The van der Waals surface area contributed by atoms with Gasteiger partial charge in [0, 0.05) is 48.1 Å². The molecular weight excluding hydrogens is 671 g/mol. The Morgan fingerprint density at radius 1 is 0.556 bits per heavy atom. The van der Waals surface area contributed by atoms with Gasteiger partial charge in [-0.25, -0.2) is 0 Å². The van der Waals surface area contributed by atoms with Crippen molar-refractivity contribution in [1.29, 1.82) is 0 Å². The molecule has 4 atom stereocenters. The van der Waals surface area contributed by atoms with Gasteiger partial charge < -0.3 is 4.90 Å². The predicted molar refractivity (Wildman–Crippen MR) is 229 cm³/mol. The topological polar surface area (TPSA) is 3.24 Å². The average Bonchev–Trinajstić information content (AvgIpc) is 3.99. The molecule has 7 aromatic rings. The standard InChI is InChI=1S/C52H47NS/c1-2-34-28-33-12-11-13-35(29-33)52(34)46-18-7-4-15-40(46)43-30-36(21-24-47(43)52)53(37-22-25-50-44(31-37)42-16-5-8-19-49(42)54-50)38-20-23-41-39-14-3-6-17-45(39)51(48(41)32-38)26-9-10-27-51/h3-8,14-25,30-35H,2,9-13,26-29H2,1H3. The van der Waals surface area contributed by atoms with E-state index in [1.165, 1.54) is 129 Å². The van der Waals surface area contributed by atoms with Crippen molar-refractivity contribution < 1.29 is 0 Å². The lowest BCUT2D eigenvalue weighted by molar-refractivity contribution is 0.0557. The molecule has 12 rings (SSSR count). The Hall–Kier alpha value is -4.66. The molecule has 54 heavy (non-hydrogen) atoms. The Kier molecular flexibility index (Phi) is 6.84. The first kappa shape index (κ1) is 31.7. The van der Waals surface area contributed by atoms with Crippen molar-refractivity contribution >= 4 is 48.6 Å². The Morgan fingerprint density at radius 3 is 2.09 bits per heavy atom.